The van der Waals surface area contributed by atoms with Crippen LogP contribution in [0.15, 0.2) is 54.6 Å². The van der Waals surface area contributed by atoms with Gasteiger partial charge in [-0.25, -0.2) is 9.18 Å². The first-order valence-electron chi connectivity index (χ1n) is 10.1. The van der Waals surface area contributed by atoms with E-state index in [-0.39, 0.29) is 23.7 Å². The molecule has 2 aromatic carbocycles. The van der Waals surface area contributed by atoms with E-state index in [1.165, 1.54) is 12.1 Å². The molecule has 1 aromatic heterocycles. The van der Waals surface area contributed by atoms with Crippen LogP contribution < -0.4 is 0 Å². The molecule has 0 saturated carbocycles. The van der Waals surface area contributed by atoms with Crippen molar-refractivity contribution >= 4 is 5.97 Å². The van der Waals surface area contributed by atoms with Gasteiger partial charge in [-0.15, -0.1) is 0 Å². The lowest BCUT2D eigenvalue weighted by Crippen LogP contribution is -2.13. The van der Waals surface area contributed by atoms with Crippen LogP contribution in [0.1, 0.15) is 62.6 Å². The van der Waals surface area contributed by atoms with Crippen molar-refractivity contribution in [1.29, 1.82) is 0 Å². The van der Waals surface area contributed by atoms with Crippen molar-refractivity contribution in [1.82, 2.24) is 4.57 Å². The zero-order valence-electron chi connectivity index (χ0n) is 17.7. The van der Waals surface area contributed by atoms with Crippen LogP contribution in [-0.4, -0.2) is 17.1 Å². The largest absolute Gasteiger partial charge is 0.462 e. The fraction of sp³-hybridized carbons (Fsp3) is 0.320. The van der Waals surface area contributed by atoms with E-state index in [0.29, 0.717) is 12.2 Å². The Labute approximate surface area is 172 Å². The van der Waals surface area contributed by atoms with Crippen molar-refractivity contribution in [3.8, 4) is 22.4 Å². The monoisotopic (exact) mass is 393 g/mol. The van der Waals surface area contributed by atoms with Crippen LogP contribution in [0.3, 0.4) is 0 Å². The first-order valence-corrected chi connectivity index (χ1v) is 10.1. The number of carbonyl (C=O) groups excluding carboxylic acids is 1. The number of nitrogens with zero attached hydrogens (tertiary/aromatic N) is 1. The molecule has 0 radical (unpaired) electrons. The molecular weight excluding hydrogens is 365 g/mol. The normalized spacial score (nSPS) is 11.3. The van der Waals surface area contributed by atoms with E-state index in [9.17, 15) is 9.18 Å². The fourth-order valence-electron chi connectivity index (χ4n) is 3.90. The minimum atomic E-state index is -0.341. The van der Waals surface area contributed by atoms with E-state index in [4.69, 9.17) is 4.74 Å². The van der Waals surface area contributed by atoms with Crippen LogP contribution in [0.4, 0.5) is 4.39 Å². The van der Waals surface area contributed by atoms with Crippen LogP contribution in [0, 0.1) is 5.82 Å². The molecule has 0 N–H and O–H groups in total. The molecule has 0 bridgehead atoms. The second-order valence-corrected chi connectivity index (χ2v) is 7.70. The topological polar surface area (TPSA) is 31.2 Å². The molecule has 0 aliphatic carbocycles. The standard InChI is InChI=1S/C25H28FNO2/c1-6-29-25(28)22-21(18-12-14-20(26)15-13-18)24(19-10-8-7-9-11-19)27(17(4)5)23(22)16(2)3/h7-17H,6H2,1-5H3. The van der Waals surface area contributed by atoms with Gasteiger partial charge in [-0.05, 0) is 49.9 Å². The fourth-order valence-corrected chi connectivity index (χ4v) is 3.90. The number of esters is 1. The summed E-state index contributed by atoms with van der Waals surface area (Å²) in [5.41, 5.74) is 5.08. The summed E-state index contributed by atoms with van der Waals surface area (Å²) in [6, 6.07) is 16.5. The van der Waals surface area contributed by atoms with Crippen molar-refractivity contribution in [3.05, 3.63) is 71.7 Å². The first kappa shape index (κ1) is 20.8. The van der Waals surface area contributed by atoms with Gasteiger partial charge in [0.1, 0.15) is 5.82 Å². The lowest BCUT2D eigenvalue weighted by Gasteiger charge is -2.20. The third-order valence-corrected chi connectivity index (χ3v) is 4.97. The van der Waals surface area contributed by atoms with Crippen LogP contribution in [0.2, 0.25) is 0 Å². The van der Waals surface area contributed by atoms with Crippen LogP contribution in [-0.2, 0) is 4.74 Å². The SMILES string of the molecule is CCOC(=O)c1c(-c2ccc(F)cc2)c(-c2ccccc2)n(C(C)C)c1C(C)C. The molecule has 0 aliphatic rings. The van der Waals surface area contributed by atoms with Gasteiger partial charge >= 0.3 is 5.97 Å². The van der Waals surface area contributed by atoms with Gasteiger partial charge < -0.3 is 9.30 Å². The number of hydrogen-bond donors (Lipinski definition) is 0. The highest BCUT2D eigenvalue weighted by Gasteiger charge is 2.31. The van der Waals surface area contributed by atoms with Gasteiger partial charge in [-0.3, -0.25) is 0 Å². The molecule has 0 saturated heterocycles. The summed E-state index contributed by atoms with van der Waals surface area (Å²) in [6.07, 6.45) is 0. The second kappa shape index (κ2) is 8.64. The minimum absolute atomic E-state index is 0.105. The number of rotatable bonds is 6. The summed E-state index contributed by atoms with van der Waals surface area (Å²) >= 11 is 0. The van der Waals surface area contributed by atoms with E-state index < -0.39 is 0 Å². The Morgan fingerprint density at radius 3 is 2.10 bits per heavy atom. The molecule has 0 amide bonds. The van der Waals surface area contributed by atoms with E-state index in [1.807, 2.05) is 37.3 Å². The molecule has 0 unspecified atom stereocenters. The van der Waals surface area contributed by atoms with Gasteiger partial charge in [0, 0.05) is 17.3 Å². The molecule has 29 heavy (non-hydrogen) atoms. The zero-order valence-corrected chi connectivity index (χ0v) is 17.7. The Hall–Kier alpha value is -2.88. The Morgan fingerprint density at radius 1 is 0.966 bits per heavy atom. The van der Waals surface area contributed by atoms with Crippen molar-refractivity contribution < 1.29 is 13.9 Å². The zero-order chi connectivity index (χ0) is 21.1. The predicted molar refractivity (Wildman–Crippen MR) is 116 cm³/mol. The molecule has 0 spiro atoms. The Balaban J connectivity index is 2.49. The first-order chi connectivity index (χ1) is 13.9. The van der Waals surface area contributed by atoms with Crippen LogP contribution in [0.25, 0.3) is 22.4 Å². The summed E-state index contributed by atoms with van der Waals surface area (Å²) < 4.78 is 21.3. The van der Waals surface area contributed by atoms with E-state index >= 15 is 0 Å². The molecule has 4 heteroatoms. The Kier molecular flexibility index (Phi) is 6.21. The van der Waals surface area contributed by atoms with Gasteiger partial charge in [-0.1, -0.05) is 56.3 Å². The third kappa shape index (κ3) is 3.98. The van der Waals surface area contributed by atoms with E-state index in [0.717, 1.165) is 28.1 Å². The quantitative estimate of drug-likeness (QED) is 0.429. The molecule has 152 valence electrons. The highest BCUT2D eigenvalue weighted by Crippen LogP contribution is 2.43. The maximum atomic E-state index is 13.6. The van der Waals surface area contributed by atoms with Gasteiger partial charge in [0.25, 0.3) is 0 Å². The van der Waals surface area contributed by atoms with Gasteiger partial charge in [-0.2, -0.15) is 0 Å². The number of carbonyl (C=O) groups is 1. The molecule has 3 nitrogen and oxygen atoms in total. The highest BCUT2D eigenvalue weighted by atomic mass is 19.1. The summed E-state index contributed by atoms with van der Waals surface area (Å²) in [7, 11) is 0. The number of benzene rings is 2. The average Bonchev–Trinajstić information content (AvgIpc) is 3.06. The summed E-state index contributed by atoms with van der Waals surface area (Å²) in [5.74, 6) is -0.541. The van der Waals surface area contributed by atoms with Gasteiger partial charge in [0.15, 0.2) is 0 Å². The molecular formula is C25H28FNO2. The summed E-state index contributed by atoms with van der Waals surface area (Å²) in [4.78, 5) is 13.1. The Bertz CT molecular complexity index is 986. The van der Waals surface area contributed by atoms with Crippen molar-refractivity contribution in [2.24, 2.45) is 0 Å². The number of hydrogen-bond acceptors (Lipinski definition) is 2. The summed E-state index contributed by atoms with van der Waals surface area (Å²) in [6.45, 7) is 10.5. The van der Waals surface area contributed by atoms with Crippen molar-refractivity contribution in [2.45, 2.75) is 46.6 Å². The molecule has 1 heterocycles. The molecule has 0 atom stereocenters. The van der Waals surface area contributed by atoms with Gasteiger partial charge in [0.2, 0.25) is 0 Å². The summed E-state index contributed by atoms with van der Waals surface area (Å²) in [5, 5.41) is 0. The van der Waals surface area contributed by atoms with Crippen molar-refractivity contribution in [3.63, 3.8) is 0 Å². The number of ether oxygens (including phenoxy) is 1. The molecule has 3 rings (SSSR count). The smallest absolute Gasteiger partial charge is 0.340 e. The highest BCUT2D eigenvalue weighted by molar-refractivity contribution is 6.04. The van der Waals surface area contributed by atoms with Crippen molar-refractivity contribution in [2.75, 3.05) is 6.61 Å². The lowest BCUT2D eigenvalue weighted by molar-refractivity contribution is 0.0525. The van der Waals surface area contributed by atoms with Gasteiger partial charge in [0.05, 0.1) is 17.9 Å². The molecule has 0 aliphatic heterocycles. The second-order valence-electron chi connectivity index (χ2n) is 7.70. The number of halogens is 1. The predicted octanol–water partition coefficient (Wildman–Crippen LogP) is 6.84. The molecule has 3 aromatic rings. The molecule has 0 fully saturated rings. The maximum Gasteiger partial charge on any atom is 0.340 e. The van der Waals surface area contributed by atoms with Crippen LogP contribution in [0.5, 0.6) is 0 Å². The lowest BCUT2D eigenvalue weighted by atomic mass is 9.95. The number of aromatic nitrogens is 1. The Morgan fingerprint density at radius 2 is 1.59 bits per heavy atom. The third-order valence-electron chi connectivity index (χ3n) is 4.97. The average molecular weight is 394 g/mol. The maximum absolute atomic E-state index is 13.6. The minimum Gasteiger partial charge on any atom is -0.462 e. The van der Waals surface area contributed by atoms with E-state index in [1.54, 1.807) is 12.1 Å². The van der Waals surface area contributed by atoms with E-state index in [2.05, 4.69) is 32.3 Å². The van der Waals surface area contributed by atoms with Crippen LogP contribution >= 0.6 is 0 Å².